The van der Waals surface area contributed by atoms with Crippen molar-refractivity contribution in [2.45, 2.75) is 57.4 Å². The highest BCUT2D eigenvalue weighted by Crippen LogP contribution is 2.49. The second-order valence-electron chi connectivity index (χ2n) is 6.43. The van der Waals surface area contributed by atoms with E-state index in [1.54, 1.807) is 5.56 Å². The quantitative estimate of drug-likeness (QED) is 0.829. The molecule has 0 amide bonds. The fourth-order valence-corrected chi connectivity index (χ4v) is 3.59. The average molecular weight is 243 g/mol. The zero-order valence-electron chi connectivity index (χ0n) is 11.7. The van der Waals surface area contributed by atoms with Crippen LogP contribution in [0.15, 0.2) is 24.3 Å². The Morgan fingerprint density at radius 3 is 2.56 bits per heavy atom. The number of nitrogens with one attached hydrogen (secondary N) is 1. The second-order valence-corrected chi connectivity index (χ2v) is 6.43. The lowest BCUT2D eigenvalue weighted by Gasteiger charge is -2.49. The van der Waals surface area contributed by atoms with Gasteiger partial charge >= 0.3 is 0 Å². The topological polar surface area (TPSA) is 12.0 Å². The molecule has 1 aromatic carbocycles. The van der Waals surface area contributed by atoms with E-state index in [0.717, 1.165) is 12.0 Å². The van der Waals surface area contributed by atoms with Crippen molar-refractivity contribution in [1.29, 1.82) is 0 Å². The summed E-state index contributed by atoms with van der Waals surface area (Å²) in [5.74, 6) is 0.950. The first-order valence-corrected chi connectivity index (χ1v) is 7.53. The largest absolute Gasteiger partial charge is 0.313 e. The molecule has 2 aliphatic rings. The van der Waals surface area contributed by atoms with Crippen molar-refractivity contribution in [2.75, 3.05) is 6.54 Å². The monoisotopic (exact) mass is 243 g/mol. The van der Waals surface area contributed by atoms with Gasteiger partial charge in [-0.3, -0.25) is 0 Å². The van der Waals surface area contributed by atoms with Crippen LogP contribution in [0.25, 0.3) is 0 Å². The van der Waals surface area contributed by atoms with Gasteiger partial charge in [0.25, 0.3) is 0 Å². The van der Waals surface area contributed by atoms with Crippen LogP contribution >= 0.6 is 0 Å². The molecule has 3 rings (SSSR count). The maximum atomic E-state index is 3.77. The summed E-state index contributed by atoms with van der Waals surface area (Å²) in [5, 5.41) is 3.77. The molecule has 0 atom stereocenters. The van der Waals surface area contributed by atoms with E-state index in [-0.39, 0.29) is 0 Å². The second kappa shape index (κ2) is 4.70. The molecule has 2 aliphatic carbocycles. The van der Waals surface area contributed by atoms with Crippen LogP contribution in [0, 0.1) is 12.8 Å². The smallest absolute Gasteiger partial charge is 0.00857 e. The number of hydrogen-bond donors (Lipinski definition) is 1. The Bertz CT molecular complexity index is 413. The summed E-state index contributed by atoms with van der Waals surface area (Å²) < 4.78 is 0. The fourth-order valence-electron chi connectivity index (χ4n) is 3.59. The van der Waals surface area contributed by atoms with Gasteiger partial charge in [0, 0.05) is 18.0 Å². The molecular weight excluding hydrogens is 218 g/mol. The van der Waals surface area contributed by atoms with Crippen molar-refractivity contribution in [3.05, 3.63) is 35.4 Å². The van der Waals surface area contributed by atoms with E-state index in [0.29, 0.717) is 5.41 Å². The third kappa shape index (κ3) is 2.21. The minimum Gasteiger partial charge on any atom is -0.313 e. The summed E-state index contributed by atoms with van der Waals surface area (Å²) in [6.45, 7) is 5.80. The molecule has 2 saturated carbocycles. The van der Waals surface area contributed by atoms with Crippen LogP contribution in [0.4, 0.5) is 0 Å². The van der Waals surface area contributed by atoms with E-state index in [1.165, 1.54) is 44.2 Å². The zero-order chi connectivity index (χ0) is 12.6. The molecule has 0 heterocycles. The maximum absolute atomic E-state index is 3.77. The normalized spacial score (nSPS) is 31.1. The molecule has 0 unspecified atom stereocenters. The number of aryl methyl sites for hydroxylation is 1. The number of benzene rings is 1. The number of rotatable bonds is 5. The number of hydrogen-bond acceptors (Lipinski definition) is 1. The molecule has 0 spiro atoms. The Morgan fingerprint density at radius 1 is 1.22 bits per heavy atom. The molecule has 98 valence electrons. The molecule has 1 heteroatoms. The van der Waals surface area contributed by atoms with Crippen LogP contribution < -0.4 is 5.32 Å². The minimum atomic E-state index is 0.439. The van der Waals surface area contributed by atoms with Gasteiger partial charge in [-0.15, -0.1) is 0 Å². The highest BCUT2D eigenvalue weighted by Gasteiger charge is 2.45. The van der Waals surface area contributed by atoms with Gasteiger partial charge in [0.05, 0.1) is 0 Å². The zero-order valence-corrected chi connectivity index (χ0v) is 11.7. The first-order valence-electron chi connectivity index (χ1n) is 7.53. The molecule has 1 aromatic rings. The summed E-state index contributed by atoms with van der Waals surface area (Å²) in [5.41, 5.74) is 3.52. The van der Waals surface area contributed by atoms with Gasteiger partial charge in [-0.05, 0) is 49.7 Å². The predicted octanol–water partition coefficient (Wildman–Crippen LogP) is 3.80. The fraction of sp³-hybridized carbons (Fsp3) is 0.647. The molecular formula is C17H25N. The average Bonchev–Trinajstić information content (AvgIpc) is 3.13. The molecule has 0 bridgehead atoms. The molecule has 2 fully saturated rings. The Morgan fingerprint density at radius 2 is 1.94 bits per heavy atom. The van der Waals surface area contributed by atoms with Crippen LogP contribution in [0.5, 0.6) is 0 Å². The first-order chi connectivity index (χ1) is 8.73. The third-order valence-electron chi connectivity index (χ3n) is 4.96. The van der Waals surface area contributed by atoms with Gasteiger partial charge < -0.3 is 5.32 Å². The molecule has 1 N–H and O–H groups in total. The highest BCUT2D eigenvalue weighted by atomic mass is 15.0. The van der Waals surface area contributed by atoms with Crippen molar-refractivity contribution in [1.82, 2.24) is 5.32 Å². The Kier molecular flexibility index (Phi) is 3.19. The SMILES string of the molecule is CCC1CC(CNC2CC2)(c2ccccc2C)C1. The van der Waals surface area contributed by atoms with Gasteiger partial charge in [-0.25, -0.2) is 0 Å². The lowest BCUT2D eigenvalue weighted by atomic mass is 9.57. The predicted molar refractivity (Wildman–Crippen MR) is 76.9 cm³/mol. The van der Waals surface area contributed by atoms with Crippen LogP contribution in [0.2, 0.25) is 0 Å². The minimum absolute atomic E-state index is 0.439. The molecule has 0 aliphatic heterocycles. The first kappa shape index (κ1) is 12.2. The van der Waals surface area contributed by atoms with E-state index < -0.39 is 0 Å². The van der Waals surface area contributed by atoms with Gasteiger partial charge in [0.2, 0.25) is 0 Å². The summed E-state index contributed by atoms with van der Waals surface area (Å²) >= 11 is 0. The van der Waals surface area contributed by atoms with Gasteiger partial charge in [0.15, 0.2) is 0 Å². The highest BCUT2D eigenvalue weighted by molar-refractivity contribution is 5.36. The summed E-state index contributed by atoms with van der Waals surface area (Å²) in [4.78, 5) is 0. The van der Waals surface area contributed by atoms with Crippen molar-refractivity contribution in [2.24, 2.45) is 5.92 Å². The summed E-state index contributed by atoms with van der Waals surface area (Å²) in [6, 6.07) is 9.83. The van der Waals surface area contributed by atoms with Crippen LogP contribution in [0.1, 0.15) is 50.2 Å². The van der Waals surface area contributed by atoms with Gasteiger partial charge in [0.1, 0.15) is 0 Å². The van der Waals surface area contributed by atoms with Crippen molar-refractivity contribution in [3.63, 3.8) is 0 Å². The van der Waals surface area contributed by atoms with Gasteiger partial charge in [-0.1, -0.05) is 37.6 Å². The van der Waals surface area contributed by atoms with E-state index in [2.05, 4.69) is 43.4 Å². The van der Waals surface area contributed by atoms with Gasteiger partial charge in [-0.2, -0.15) is 0 Å². The Labute approximate surface area is 111 Å². The Balaban J connectivity index is 1.79. The molecule has 0 aromatic heterocycles. The molecule has 0 radical (unpaired) electrons. The molecule has 1 nitrogen and oxygen atoms in total. The van der Waals surface area contributed by atoms with E-state index in [4.69, 9.17) is 0 Å². The third-order valence-corrected chi connectivity index (χ3v) is 4.96. The van der Waals surface area contributed by atoms with Crippen molar-refractivity contribution < 1.29 is 0 Å². The lowest BCUT2D eigenvalue weighted by molar-refractivity contribution is 0.132. The van der Waals surface area contributed by atoms with Crippen LogP contribution in [0.3, 0.4) is 0 Å². The van der Waals surface area contributed by atoms with Crippen molar-refractivity contribution >= 4 is 0 Å². The summed E-state index contributed by atoms with van der Waals surface area (Å²) in [6.07, 6.45) is 6.89. The van der Waals surface area contributed by atoms with Crippen molar-refractivity contribution in [3.8, 4) is 0 Å². The van der Waals surface area contributed by atoms with E-state index in [1.807, 2.05) is 0 Å². The summed E-state index contributed by atoms with van der Waals surface area (Å²) in [7, 11) is 0. The maximum Gasteiger partial charge on any atom is 0.00857 e. The molecule has 18 heavy (non-hydrogen) atoms. The van der Waals surface area contributed by atoms with E-state index >= 15 is 0 Å². The lowest BCUT2D eigenvalue weighted by Crippen LogP contribution is -2.49. The van der Waals surface area contributed by atoms with Crippen LogP contribution in [-0.4, -0.2) is 12.6 Å². The molecule has 0 saturated heterocycles. The Hall–Kier alpha value is -0.820. The van der Waals surface area contributed by atoms with Crippen LogP contribution in [-0.2, 0) is 5.41 Å². The van der Waals surface area contributed by atoms with E-state index in [9.17, 15) is 0 Å². The standard InChI is InChI=1S/C17H25N/c1-3-14-10-17(11-14,12-18-15-8-9-15)16-7-5-4-6-13(16)2/h4-7,14-15,18H,3,8-12H2,1-2H3.